The summed E-state index contributed by atoms with van der Waals surface area (Å²) >= 11 is 7.78. The van der Waals surface area contributed by atoms with Crippen LogP contribution in [0.1, 0.15) is 11.3 Å². The van der Waals surface area contributed by atoms with Crippen molar-refractivity contribution in [1.29, 1.82) is 0 Å². The lowest BCUT2D eigenvalue weighted by atomic mass is 10.2. The van der Waals surface area contributed by atoms with Crippen molar-refractivity contribution in [3.8, 4) is 10.6 Å². The maximum atomic E-state index is 12.7. The Labute approximate surface area is 173 Å². The fraction of sp³-hybridized carbons (Fsp3) is 0.286. The average molecular weight is 413 g/mol. The number of benzene rings is 1. The first-order valence-electron chi connectivity index (χ1n) is 9.27. The molecule has 2 aromatic heterocycles. The molecule has 0 atom stereocenters. The normalized spacial score (nSPS) is 15.0. The fourth-order valence-electron chi connectivity index (χ4n) is 3.32. The maximum absolute atomic E-state index is 12.7. The minimum absolute atomic E-state index is 0.138. The van der Waals surface area contributed by atoms with Crippen molar-refractivity contribution in [2.24, 2.45) is 0 Å². The van der Waals surface area contributed by atoms with Gasteiger partial charge in [0, 0.05) is 56.1 Å². The van der Waals surface area contributed by atoms with E-state index in [0.717, 1.165) is 49.0 Å². The third-order valence-electron chi connectivity index (χ3n) is 4.87. The number of aromatic nitrogens is 2. The van der Waals surface area contributed by atoms with Crippen molar-refractivity contribution in [3.63, 3.8) is 0 Å². The second-order valence-electron chi connectivity index (χ2n) is 6.81. The third-order valence-corrected chi connectivity index (χ3v) is 6.12. The lowest BCUT2D eigenvalue weighted by molar-refractivity contribution is -0.132. The summed E-state index contributed by atoms with van der Waals surface area (Å²) in [6, 6.07) is 11.7. The van der Waals surface area contributed by atoms with Gasteiger partial charge in [-0.25, -0.2) is 4.98 Å². The van der Waals surface area contributed by atoms with Gasteiger partial charge in [0.25, 0.3) is 0 Å². The molecule has 1 aliphatic heterocycles. The minimum Gasteiger partial charge on any atom is -0.340 e. The van der Waals surface area contributed by atoms with Crippen LogP contribution in [0.4, 0.5) is 0 Å². The molecule has 0 spiro atoms. The van der Waals surface area contributed by atoms with E-state index in [9.17, 15) is 4.79 Å². The smallest absolute Gasteiger partial charge is 0.228 e. The molecule has 1 saturated heterocycles. The van der Waals surface area contributed by atoms with E-state index in [-0.39, 0.29) is 5.91 Å². The molecule has 1 amide bonds. The summed E-state index contributed by atoms with van der Waals surface area (Å²) in [5.41, 5.74) is 2.98. The average Bonchev–Trinajstić information content (AvgIpc) is 3.18. The Kier molecular flexibility index (Phi) is 6.00. The molecule has 144 valence electrons. The molecule has 0 unspecified atom stereocenters. The number of piperazine rings is 1. The quantitative estimate of drug-likeness (QED) is 0.640. The lowest BCUT2D eigenvalue weighted by Gasteiger charge is -2.34. The van der Waals surface area contributed by atoms with Gasteiger partial charge in [-0.3, -0.25) is 14.7 Å². The third kappa shape index (κ3) is 4.58. The molecule has 1 fully saturated rings. The van der Waals surface area contributed by atoms with Crippen LogP contribution in [-0.2, 0) is 17.8 Å². The summed E-state index contributed by atoms with van der Waals surface area (Å²) in [5, 5.41) is 3.49. The van der Waals surface area contributed by atoms with Crippen LogP contribution in [0.2, 0.25) is 5.02 Å². The molecule has 7 heteroatoms. The Morgan fingerprint density at radius 3 is 2.57 bits per heavy atom. The fourth-order valence-corrected chi connectivity index (χ4v) is 4.45. The highest BCUT2D eigenvalue weighted by Gasteiger charge is 2.22. The van der Waals surface area contributed by atoms with Crippen molar-refractivity contribution in [3.05, 3.63) is 70.5 Å². The predicted molar refractivity (Wildman–Crippen MR) is 112 cm³/mol. The Balaban J connectivity index is 1.31. The van der Waals surface area contributed by atoms with Gasteiger partial charge in [-0.15, -0.1) is 11.3 Å². The van der Waals surface area contributed by atoms with Crippen molar-refractivity contribution in [2.75, 3.05) is 26.2 Å². The second kappa shape index (κ2) is 8.82. The monoisotopic (exact) mass is 412 g/mol. The summed E-state index contributed by atoms with van der Waals surface area (Å²) in [6.07, 6.45) is 3.98. The molecular formula is C21H21ClN4OS. The zero-order valence-electron chi connectivity index (χ0n) is 15.4. The van der Waals surface area contributed by atoms with Crippen LogP contribution >= 0.6 is 22.9 Å². The molecule has 3 heterocycles. The van der Waals surface area contributed by atoms with E-state index in [1.165, 1.54) is 16.9 Å². The molecule has 3 aromatic rings. The van der Waals surface area contributed by atoms with Gasteiger partial charge in [-0.05, 0) is 23.8 Å². The highest BCUT2D eigenvalue weighted by molar-refractivity contribution is 7.13. The van der Waals surface area contributed by atoms with E-state index in [1.54, 1.807) is 0 Å². The Morgan fingerprint density at radius 1 is 1.07 bits per heavy atom. The molecule has 0 saturated carbocycles. The van der Waals surface area contributed by atoms with Gasteiger partial charge in [-0.1, -0.05) is 29.8 Å². The van der Waals surface area contributed by atoms with Crippen LogP contribution in [0.15, 0.2) is 54.2 Å². The maximum Gasteiger partial charge on any atom is 0.228 e. The van der Waals surface area contributed by atoms with Gasteiger partial charge in [0.1, 0.15) is 5.01 Å². The number of hydrogen-bond acceptors (Lipinski definition) is 5. The molecule has 0 radical (unpaired) electrons. The second-order valence-corrected chi connectivity index (χ2v) is 8.08. The largest absolute Gasteiger partial charge is 0.340 e. The van der Waals surface area contributed by atoms with Gasteiger partial charge < -0.3 is 4.90 Å². The number of nitrogens with zero attached hydrogens (tertiary/aromatic N) is 4. The number of rotatable bonds is 5. The summed E-state index contributed by atoms with van der Waals surface area (Å²) < 4.78 is 0. The molecule has 5 nitrogen and oxygen atoms in total. The van der Waals surface area contributed by atoms with Gasteiger partial charge in [0.05, 0.1) is 17.1 Å². The van der Waals surface area contributed by atoms with Crippen LogP contribution in [-0.4, -0.2) is 51.9 Å². The molecular weight excluding hydrogens is 392 g/mol. The molecule has 0 aliphatic carbocycles. The van der Waals surface area contributed by atoms with Crippen LogP contribution in [0.3, 0.4) is 0 Å². The van der Waals surface area contributed by atoms with Gasteiger partial charge in [0.15, 0.2) is 0 Å². The van der Waals surface area contributed by atoms with Crippen molar-refractivity contribution in [1.82, 2.24) is 19.8 Å². The number of carbonyl (C=O) groups excluding carboxylic acids is 1. The summed E-state index contributed by atoms with van der Waals surface area (Å²) in [5.74, 6) is 0.138. The SMILES string of the molecule is O=C(Cc1csc(-c2ccccc2Cl)n1)N1CCN(Cc2ccncc2)CC1. The predicted octanol–water partition coefficient (Wildman–Crippen LogP) is 3.75. The van der Waals surface area contributed by atoms with E-state index < -0.39 is 0 Å². The van der Waals surface area contributed by atoms with E-state index in [1.807, 2.05) is 59.1 Å². The molecule has 0 bridgehead atoms. The molecule has 28 heavy (non-hydrogen) atoms. The topological polar surface area (TPSA) is 49.3 Å². The lowest BCUT2D eigenvalue weighted by Crippen LogP contribution is -2.48. The van der Waals surface area contributed by atoms with Gasteiger partial charge in [-0.2, -0.15) is 0 Å². The number of hydrogen-bond donors (Lipinski definition) is 0. The summed E-state index contributed by atoms with van der Waals surface area (Å²) in [6.45, 7) is 4.18. The number of amides is 1. The Hall–Kier alpha value is -2.28. The van der Waals surface area contributed by atoms with Gasteiger partial charge >= 0.3 is 0 Å². The highest BCUT2D eigenvalue weighted by atomic mass is 35.5. The standard InChI is InChI=1S/C21H21ClN4OS/c22-19-4-2-1-3-18(19)21-24-17(15-28-21)13-20(27)26-11-9-25(10-12-26)14-16-5-7-23-8-6-16/h1-8,15H,9-14H2. The van der Waals surface area contributed by atoms with Gasteiger partial charge in [0.2, 0.25) is 5.91 Å². The Bertz CT molecular complexity index is 938. The molecule has 1 aromatic carbocycles. The van der Waals surface area contributed by atoms with E-state index in [4.69, 9.17) is 11.6 Å². The van der Waals surface area contributed by atoms with Crippen molar-refractivity contribution < 1.29 is 4.79 Å². The molecule has 4 rings (SSSR count). The number of pyridine rings is 1. The molecule has 1 aliphatic rings. The number of thiazole rings is 1. The van der Waals surface area contributed by atoms with Crippen LogP contribution in [0.5, 0.6) is 0 Å². The van der Waals surface area contributed by atoms with E-state index in [0.29, 0.717) is 11.4 Å². The van der Waals surface area contributed by atoms with E-state index >= 15 is 0 Å². The van der Waals surface area contributed by atoms with Crippen LogP contribution in [0, 0.1) is 0 Å². The first-order valence-corrected chi connectivity index (χ1v) is 10.5. The number of halogens is 1. The zero-order valence-corrected chi connectivity index (χ0v) is 17.0. The minimum atomic E-state index is 0.138. The van der Waals surface area contributed by atoms with Crippen LogP contribution in [0.25, 0.3) is 10.6 Å². The first kappa shape index (κ1) is 19.1. The van der Waals surface area contributed by atoms with Crippen LogP contribution < -0.4 is 0 Å². The summed E-state index contributed by atoms with van der Waals surface area (Å²) in [4.78, 5) is 25.7. The van der Waals surface area contributed by atoms with E-state index in [2.05, 4.69) is 14.9 Å². The zero-order chi connectivity index (χ0) is 19.3. The summed E-state index contributed by atoms with van der Waals surface area (Å²) in [7, 11) is 0. The molecule has 0 N–H and O–H groups in total. The van der Waals surface area contributed by atoms with Crippen molar-refractivity contribution in [2.45, 2.75) is 13.0 Å². The first-order chi connectivity index (χ1) is 13.7. The highest BCUT2D eigenvalue weighted by Crippen LogP contribution is 2.30. The van der Waals surface area contributed by atoms with Crippen molar-refractivity contribution >= 4 is 28.8 Å². The Morgan fingerprint density at radius 2 is 1.82 bits per heavy atom. The number of carbonyl (C=O) groups is 1.